The Hall–Kier alpha value is -2.77. The number of hydrogen-bond donors (Lipinski definition) is 0. The zero-order valence-corrected chi connectivity index (χ0v) is 22.5. The molecular formula is C28H28Cl2O7. The highest BCUT2D eigenvalue weighted by Crippen LogP contribution is 2.66. The first-order valence-corrected chi connectivity index (χ1v) is 13.2. The number of halogens is 2. The first-order chi connectivity index (χ1) is 17.6. The molecule has 2 fully saturated rings. The van der Waals surface area contributed by atoms with Crippen molar-refractivity contribution in [3.8, 4) is 23.0 Å². The van der Waals surface area contributed by atoms with Gasteiger partial charge in [-0.25, -0.2) is 0 Å². The first-order valence-electron chi connectivity index (χ1n) is 12.5. The normalized spacial score (nSPS) is 23.1. The van der Waals surface area contributed by atoms with Gasteiger partial charge in [0.2, 0.25) is 0 Å². The third-order valence-corrected chi connectivity index (χ3v) is 8.47. The number of hydrogen-bond acceptors (Lipinski definition) is 7. The van der Waals surface area contributed by atoms with E-state index in [4.69, 9.17) is 42.1 Å². The van der Waals surface area contributed by atoms with Gasteiger partial charge in [0.25, 0.3) is 0 Å². The molecule has 7 nitrogen and oxygen atoms in total. The third kappa shape index (κ3) is 4.36. The summed E-state index contributed by atoms with van der Waals surface area (Å²) >= 11 is 13.2. The Morgan fingerprint density at radius 3 is 1.89 bits per heavy atom. The van der Waals surface area contributed by atoms with Crippen LogP contribution in [0.2, 0.25) is 10.0 Å². The summed E-state index contributed by atoms with van der Waals surface area (Å²) in [6.45, 7) is 3.91. The molecule has 2 atom stereocenters. The second-order valence-electron chi connectivity index (χ2n) is 10.1. The van der Waals surface area contributed by atoms with Gasteiger partial charge in [0.1, 0.15) is 17.1 Å². The lowest BCUT2D eigenvalue weighted by atomic mass is 9.60. The molecule has 37 heavy (non-hydrogen) atoms. The predicted octanol–water partition coefficient (Wildman–Crippen LogP) is 6.67. The van der Waals surface area contributed by atoms with Crippen LogP contribution < -0.4 is 18.9 Å². The van der Waals surface area contributed by atoms with Crippen molar-refractivity contribution in [2.45, 2.75) is 76.7 Å². The molecule has 0 unspecified atom stereocenters. The number of esters is 3. The molecule has 5 rings (SSSR count). The molecule has 0 N–H and O–H groups in total. The van der Waals surface area contributed by atoms with Gasteiger partial charge in [-0.15, -0.1) is 0 Å². The fourth-order valence-corrected chi connectivity index (χ4v) is 7.19. The van der Waals surface area contributed by atoms with Crippen LogP contribution in [0.4, 0.5) is 0 Å². The maximum absolute atomic E-state index is 12.1. The van der Waals surface area contributed by atoms with Crippen LogP contribution in [-0.4, -0.2) is 17.9 Å². The molecule has 0 saturated heterocycles. The molecule has 196 valence electrons. The summed E-state index contributed by atoms with van der Waals surface area (Å²) in [7, 11) is 0. The average molecular weight is 547 g/mol. The molecule has 1 heterocycles. The molecule has 0 aromatic heterocycles. The second kappa shape index (κ2) is 9.52. The summed E-state index contributed by atoms with van der Waals surface area (Å²) in [5, 5.41) is 0.580. The summed E-state index contributed by atoms with van der Waals surface area (Å²) < 4.78 is 23.2. The quantitative estimate of drug-likeness (QED) is 0.312. The van der Waals surface area contributed by atoms with Crippen molar-refractivity contribution in [3.05, 3.63) is 45.4 Å². The van der Waals surface area contributed by atoms with Crippen LogP contribution in [0.25, 0.3) is 0 Å². The SMILES string of the molecule is CC(=O)Oc1cc2c(cc1Cl)C1(CCCC1)[C@H]1CCC[C@@]1(c1cc(Cl)c(OC(C)=O)cc1OC(C)=O)O2. The zero-order valence-electron chi connectivity index (χ0n) is 21.0. The summed E-state index contributed by atoms with van der Waals surface area (Å²) in [5.41, 5.74) is 0.580. The standard InChI is InChI=1S/C28H28Cl2O7/c1-15(31)34-22-13-24(35-16(2)32)21(30)12-19(22)28-10-6-7-26(28)27(8-4-5-9-27)18-11-20(29)25(36-17(3)33)14-23(18)37-28/h11-14,26H,4-10H2,1-3H3/t26-,28+/m1/s1. The van der Waals surface area contributed by atoms with Gasteiger partial charge in [-0.1, -0.05) is 36.0 Å². The van der Waals surface area contributed by atoms with Gasteiger partial charge in [0.15, 0.2) is 11.5 Å². The largest absolute Gasteiger partial charge is 0.482 e. The van der Waals surface area contributed by atoms with E-state index in [1.807, 2.05) is 6.07 Å². The lowest BCUT2D eigenvalue weighted by Gasteiger charge is -2.52. The minimum atomic E-state index is -0.859. The van der Waals surface area contributed by atoms with Gasteiger partial charge in [-0.3, -0.25) is 14.4 Å². The van der Waals surface area contributed by atoms with E-state index < -0.39 is 23.5 Å². The van der Waals surface area contributed by atoms with Gasteiger partial charge in [-0.05, 0) is 44.2 Å². The summed E-state index contributed by atoms with van der Waals surface area (Å²) in [6.07, 6.45) is 6.53. The molecule has 9 heteroatoms. The van der Waals surface area contributed by atoms with Crippen molar-refractivity contribution in [2.24, 2.45) is 5.92 Å². The van der Waals surface area contributed by atoms with E-state index in [-0.39, 0.29) is 33.6 Å². The molecule has 1 spiro atoms. The van der Waals surface area contributed by atoms with Crippen LogP contribution in [0.5, 0.6) is 23.0 Å². The smallest absolute Gasteiger partial charge is 0.308 e. The van der Waals surface area contributed by atoms with Crippen molar-refractivity contribution in [1.82, 2.24) is 0 Å². The summed E-state index contributed by atoms with van der Waals surface area (Å²) in [5.74, 6) is -0.295. The first kappa shape index (κ1) is 25.9. The Morgan fingerprint density at radius 1 is 0.757 bits per heavy atom. The van der Waals surface area contributed by atoms with Gasteiger partial charge in [0.05, 0.1) is 10.0 Å². The van der Waals surface area contributed by atoms with Gasteiger partial charge in [-0.2, -0.15) is 0 Å². The molecule has 2 aliphatic carbocycles. The topological polar surface area (TPSA) is 88.1 Å². The molecular weight excluding hydrogens is 519 g/mol. The second-order valence-corrected chi connectivity index (χ2v) is 11.0. The van der Waals surface area contributed by atoms with Gasteiger partial charge in [0, 0.05) is 55.4 Å². The van der Waals surface area contributed by atoms with Crippen LogP contribution in [0.3, 0.4) is 0 Å². The lowest BCUT2D eigenvalue weighted by molar-refractivity contribution is -0.133. The fourth-order valence-electron chi connectivity index (χ4n) is 6.79. The Labute approximate surface area is 225 Å². The molecule has 0 amide bonds. The minimum Gasteiger partial charge on any atom is -0.482 e. The van der Waals surface area contributed by atoms with E-state index in [0.717, 1.165) is 44.1 Å². The van der Waals surface area contributed by atoms with Crippen LogP contribution in [0, 0.1) is 5.92 Å². The number of benzene rings is 2. The van der Waals surface area contributed by atoms with Crippen molar-refractivity contribution in [3.63, 3.8) is 0 Å². The number of carbonyl (C=O) groups excluding carboxylic acids is 3. The highest BCUT2D eigenvalue weighted by atomic mass is 35.5. The molecule has 3 aliphatic rings. The van der Waals surface area contributed by atoms with E-state index >= 15 is 0 Å². The predicted molar refractivity (Wildman–Crippen MR) is 137 cm³/mol. The number of rotatable bonds is 4. The van der Waals surface area contributed by atoms with E-state index in [2.05, 4.69) is 0 Å². The monoisotopic (exact) mass is 546 g/mol. The van der Waals surface area contributed by atoms with Crippen molar-refractivity contribution < 1.29 is 33.3 Å². The van der Waals surface area contributed by atoms with Crippen LogP contribution in [-0.2, 0) is 25.4 Å². The fraction of sp³-hybridized carbons (Fsp3) is 0.464. The highest BCUT2D eigenvalue weighted by Gasteiger charge is 2.62. The van der Waals surface area contributed by atoms with Crippen LogP contribution in [0.15, 0.2) is 24.3 Å². The minimum absolute atomic E-state index is 0.0654. The van der Waals surface area contributed by atoms with Crippen molar-refractivity contribution in [1.29, 1.82) is 0 Å². The van der Waals surface area contributed by atoms with Crippen LogP contribution >= 0.6 is 23.2 Å². The van der Waals surface area contributed by atoms with E-state index in [1.165, 1.54) is 26.8 Å². The van der Waals surface area contributed by atoms with Gasteiger partial charge < -0.3 is 18.9 Å². The van der Waals surface area contributed by atoms with Crippen LogP contribution in [0.1, 0.15) is 76.8 Å². The maximum Gasteiger partial charge on any atom is 0.308 e. The Morgan fingerprint density at radius 2 is 1.30 bits per heavy atom. The average Bonchev–Trinajstić information content (AvgIpc) is 3.45. The highest BCUT2D eigenvalue weighted by molar-refractivity contribution is 6.32. The summed E-state index contributed by atoms with van der Waals surface area (Å²) in [4.78, 5) is 35.5. The Bertz CT molecular complexity index is 1300. The lowest BCUT2D eigenvalue weighted by Crippen LogP contribution is -2.51. The molecule has 2 aromatic rings. The summed E-state index contributed by atoms with van der Waals surface area (Å²) in [6, 6.07) is 6.74. The number of ether oxygens (including phenoxy) is 4. The Kier molecular flexibility index (Phi) is 6.65. The van der Waals surface area contributed by atoms with E-state index in [9.17, 15) is 14.4 Å². The van der Waals surface area contributed by atoms with E-state index in [0.29, 0.717) is 22.8 Å². The molecule has 1 aliphatic heterocycles. The number of carbonyl (C=O) groups is 3. The third-order valence-electron chi connectivity index (χ3n) is 7.88. The molecule has 0 radical (unpaired) electrons. The maximum atomic E-state index is 12.1. The van der Waals surface area contributed by atoms with Crippen molar-refractivity contribution >= 4 is 41.1 Å². The molecule has 0 bridgehead atoms. The Balaban J connectivity index is 1.73. The van der Waals surface area contributed by atoms with Crippen molar-refractivity contribution in [2.75, 3.05) is 0 Å². The molecule has 2 aromatic carbocycles. The zero-order chi connectivity index (χ0) is 26.5. The number of fused-ring (bicyclic) bond motifs is 4. The molecule has 2 saturated carbocycles. The van der Waals surface area contributed by atoms with E-state index in [1.54, 1.807) is 12.1 Å². The van der Waals surface area contributed by atoms with Gasteiger partial charge >= 0.3 is 17.9 Å².